The molecule has 0 spiro atoms. The summed E-state index contributed by atoms with van der Waals surface area (Å²) >= 11 is -1.95. The fraction of sp³-hybridized carbons (Fsp3) is 0.370. The van der Waals surface area contributed by atoms with Gasteiger partial charge in [0.25, 0.3) is 0 Å². The fourth-order valence-electron chi connectivity index (χ4n) is 7.36. The zero-order valence-corrected chi connectivity index (χ0v) is 41.2. The Balaban J connectivity index is 0.00000116. The average molecular weight is 845 g/mol. The largest absolute Gasteiger partial charge is 0.645 e. The van der Waals surface area contributed by atoms with Gasteiger partial charge in [-0.05, 0) is 0 Å². The van der Waals surface area contributed by atoms with Crippen LogP contribution in [0.4, 0.5) is 0 Å². The van der Waals surface area contributed by atoms with Crippen LogP contribution in [0.5, 0.6) is 0 Å². The van der Waals surface area contributed by atoms with Crippen LogP contribution < -0.4 is 0 Å². The first-order chi connectivity index (χ1) is 23.6. The first-order valence-electron chi connectivity index (χ1n) is 18.7. The van der Waals surface area contributed by atoms with E-state index in [0.717, 1.165) is 23.0 Å². The molecule has 0 aromatic heterocycles. The van der Waals surface area contributed by atoms with E-state index < -0.39 is 21.3 Å². The van der Waals surface area contributed by atoms with Crippen molar-refractivity contribution in [3.8, 4) is 11.1 Å². The summed E-state index contributed by atoms with van der Waals surface area (Å²) in [4.78, 5) is 0. The average Bonchev–Trinajstić information content (AvgIpc) is 3.66. The zero-order chi connectivity index (χ0) is 36.4. The second-order valence-electron chi connectivity index (χ2n) is 17.1. The van der Waals surface area contributed by atoms with Gasteiger partial charge in [0.1, 0.15) is 0 Å². The molecule has 0 aliphatic heterocycles. The van der Waals surface area contributed by atoms with Gasteiger partial charge in [0.2, 0.25) is 0 Å². The second-order valence-corrected chi connectivity index (χ2v) is 26.1. The molecule has 0 N–H and O–H groups in total. The smallest absolute Gasteiger partial charge is 0.401 e. The van der Waals surface area contributed by atoms with Gasteiger partial charge in [-0.3, -0.25) is 0 Å². The third-order valence-corrected chi connectivity index (χ3v) is 21.2. The Morgan fingerprint density at radius 1 is 0.673 bits per heavy atom. The normalized spacial score (nSPS) is 15.1. The van der Waals surface area contributed by atoms with Crippen LogP contribution in [-0.4, -0.2) is 35.4 Å². The third-order valence-electron chi connectivity index (χ3n) is 10.4. The van der Waals surface area contributed by atoms with Crippen LogP contribution in [0, 0.1) is 11.3 Å². The van der Waals surface area contributed by atoms with Gasteiger partial charge in [0.05, 0.1) is 0 Å². The minimum Gasteiger partial charge on any atom is -0.645 e. The quantitative estimate of drug-likeness (QED) is 0.176. The summed E-state index contributed by atoms with van der Waals surface area (Å²) in [5.41, 5.74) is 13.5. The molecule has 52 heavy (non-hydrogen) atoms. The summed E-state index contributed by atoms with van der Waals surface area (Å²) < 4.78 is 8.59. The van der Waals surface area contributed by atoms with E-state index in [9.17, 15) is 0 Å². The first-order valence-corrected chi connectivity index (χ1v) is 25.4. The van der Waals surface area contributed by atoms with Gasteiger partial charge in [-0.15, -0.1) is 24.8 Å². The summed E-state index contributed by atoms with van der Waals surface area (Å²) in [6.45, 7) is 23.7. The van der Waals surface area contributed by atoms with Crippen molar-refractivity contribution in [2.24, 2.45) is 11.3 Å². The van der Waals surface area contributed by atoms with E-state index in [1.807, 2.05) is 0 Å². The van der Waals surface area contributed by atoms with Gasteiger partial charge in [0, 0.05) is 0 Å². The molecule has 6 heteroatoms. The van der Waals surface area contributed by atoms with Crippen LogP contribution >= 0.6 is 24.8 Å². The molecule has 4 aromatic carbocycles. The monoisotopic (exact) mass is 842 g/mol. The molecule has 0 heterocycles. The molecule has 4 aromatic rings. The zero-order valence-electron chi connectivity index (χ0n) is 33.7. The summed E-state index contributed by atoms with van der Waals surface area (Å²) in [5.74, 6) is 2.61. The van der Waals surface area contributed by atoms with Crippen molar-refractivity contribution in [3.05, 3.63) is 151 Å². The number of allylic oxidation sites excluding steroid dienone is 4. The van der Waals surface area contributed by atoms with Crippen LogP contribution in [-0.2, 0) is 34.9 Å². The van der Waals surface area contributed by atoms with E-state index in [2.05, 4.69) is 184 Å². The van der Waals surface area contributed by atoms with Crippen molar-refractivity contribution in [2.45, 2.75) is 95.9 Å². The van der Waals surface area contributed by atoms with E-state index in [1.165, 1.54) is 39.0 Å². The standard InChI is InChI=1S/C21H25.C13H10.C11H17.CH3.2Al.2ClH.O.Zr.3H/c1-20(2,3)16-7-9-18-14(12-16)11-15-13-17(21(4,5)6)8-10-19(15)18;1-3-7-12(8-4-1)11-13-9-5-2-6-10-13;1-5-9-6-7-10(8-9)11(2,3)4;;;;;;;;;;/h7-13H,1-6H3;1-10H;7-9H,5H2,1-4H3;1H3;;;2*1H;;;;;. The number of rotatable bonds is 6. The van der Waals surface area contributed by atoms with Crippen molar-refractivity contribution in [2.75, 3.05) is 0 Å². The maximum Gasteiger partial charge on any atom is 0.401 e. The molecule has 2 aliphatic rings. The van der Waals surface area contributed by atoms with Crippen LogP contribution in [0.25, 0.3) is 11.1 Å². The minimum atomic E-state index is -2.89. The van der Waals surface area contributed by atoms with Gasteiger partial charge in [0.15, 0.2) is 0 Å². The Labute approximate surface area is 350 Å². The molecule has 0 radical (unpaired) electrons. The molecule has 1 unspecified atom stereocenters. The third kappa shape index (κ3) is 9.93. The number of halogens is 2. The Morgan fingerprint density at radius 3 is 1.44 bits per heavy atom. The molecule has 6 rings (SSSR count). The molecular weight excluding hydrogens is 785 g/mol. The topological polar surface area (TPSA) is 9.23 Å². The van der Waals surface area contributed by atoms with E-state index >= 15 is 0 Å². The molecule has 0 saturated heterocycles. The number of hydrogen-bond donors (Lipinski definition) is 0. The molecular formula is C46H60Al2Cl2OZr. The fourth-order valence-corrected chi connectivity index (χ4v) is 17.1. The minimum absolute atomic E-state index is 0. The Bertz CT molecular complexity index is 1800. The van der Waals surface area contributed by atoms with Crippen LogP contribution in [0.15, 0.2) is 118 Å². The predicted octanol–water partition coefficient (Wildman–Crippen LogP) is 11.9. The number of benzene rings is 4. The van der Waals surface area contributed by atoms with E-state index in [1.54, 1.807) is 17.6 Å². The summed E-state index contributed by atoms with van der Waals surface area (Å²) in [7, 11) is 0. The van der Waals surface area contributed by atoms with Crippen LogP contribution in [0.3, 0.4) is 0 Å². The van der Waals surface area contributed by atoms with Gasteiger partial charge < -0.3 is 2.84 Å². The van der Waals surface area contributed by atoms with Gasteiger partial charge in [-0.1, -0.05) is 5.79 Å². The molecule has 0 fully saturated rings. The summed E-state index contributed by atoms with van der Waals surface area (Å²) in [5, 5.41) is 0. The molecule has 2 aliphatic carbocycles. The van der Waals surface area contributed by atoms with Crippen molar-refractivity contribution in [1.29, 1.82) is 0 Å². The van der Waals surface area contributed by atoms with Gasteiger partial charge in [-0.25, -0.2) is 0 Å². The first kappa shape index (κ1) is 45.1. The maximum absolute atomic E-state index is 4.82. The number of hydrogen-bond acceptors (Lipinski definition) is 1. The van der Waals surface area contributed by atoms with E-state index in [4.69, 9.17) is 2.84 Å². The summed E-state index contributed by atoms with van der Waals surface area (Å²) in [6, 6.07) is 37.7. The van der Waals surface area contributed by atoms with Crippen LogP contribution in [0.2, 0.25) is 5.79 Å². The Morgan fingerprint density at radius 2 is 1.10 bits per heavy atom. The molecule has 0 amide bonds. The van der Waals surface area contributed by atoms with Crippen molar-refractivity contribution in [1.82, 2.24) is 0 Å². The molecule has 0 saturated carbocycles. The SMILES string of the molecule is CCC1C=C(C(C)(C)C)C=[C]1[Zr](=[C](c1ccccc1)c1ccccc1)[CH]1c2cc(C(C)(C)C)ccc2-c2ccc(C(C)(C)C)cc21.Cl.Cl.[CH3][AlH][O][AlH2]. The molecule has 1 nitrogen and oxygen atoms in total. The van der Waals surface area contributed by atoms with E-state index in [-0.39, 0.29) is 56.6 Å². The number of fused-ring (bicyclic) bond motifs is 3. The van der Waals surface area contributed by atoms with Crippen molar-refractivity contribution < 1.29 is 24.1 Å². The maximum atomic E-state index is 4.82. The second kappa shape index (κ2) is 18.6. The Hall–Kier alpha value is -1.28. The molecule has 0 bridgehead atoms. The van der Waals surface area contributed by atoms with E-state index in [0.29, 0.717) is 9.54 Å². The van der Waals surface area contributed by atoms with Gasteiger partial charge >= 0.3 is 321 Å². The molecule has 1 atom stereocenters. The van der Waals surface area contributed by atoms with Crippen molar-refractivity contribution >= 4 is 60.2 Å². The predicted molar refractivity (Wildman–Crippen MR) is 234 cm³/mol. The Kier molecular flexibility index (Phi) is 16.1. The molecule has 274 valence electrons. The van der Waals surface area contributed by atoms with Crippen molar-refractivity contribution in [3.63, 3.8) is 0 Å². The summed E-state index contributed by atoms with van der Waals surface area (Å²) in [6.07, 6.45) is 6.47. The van der Waals surface area contributed by atoms with Gasteiger partial charge in [-0.2, -0.15) is 0 Å². The van der Waals surface area contributed by atoms with Crippen LogP contribution in [0.1, 0.15) is 113 Å².